The number of rotatable bonds is 6. The highest BCUT2D eigenvalue weighted by molar-refractivity contribution is 5.84. The second-order valence-electron chi connectivity index (χ2n) is 8.95. The van der Waals surface area contributed by atoms with Crippen LogP contribution in [0.3, 0.4) is 0 Å². The molecule has 6 nitrogen and oxygen atoms in total. The van der Waals surface area contributed by atoms with Crippen molar-refractivity contribution in [2.75, 3.05) is 32.7 Å². The van der Waals surface area contributed by atoms with Gasteiger partial charge < -0.3 is 9.80 Å². The second-order valence-corrected chi connectivity index (χ2v) is 8.95. The standard InChI is InChI=1S/C26H34N4O2/c1-3-13-29-14-15-30(26(32)24-17-27-28-19(24)2)18-22(25(29)31)16-21-11-7-8-12-23(21)20-9-5-4-6-10-20/h4-12,19,22,24,27-28H,3,13-18H2,1-2H3. The topological polar surface area (TPSA) is 64.7 Å². The maximum atomic E-state index is 13.5. The summed E-state index contributed by atoms with van der Waals surface area (Å²) < 4.78 is 0. The Bertz CT molecular complexity index is 932. The van der Waals surface area contributed by atoms with Crippen LogP contribution in [0.15, 0.2) is 54.6 Å². The molecular weight excluding hydrogens is 400 g/mol. The third kappa shape index (κ3) is 4.87. The number of amides is 2. The summed E-state index contributed by atoms with van der Waals surface area (Å²) in [5, 5.41) is 0. The minimum absolute atomic E-state index is 0.0884. The van der Waals surface area contributed by atoms with Gasteiger partial charge in [-0.25, -0.2) is 0 Å². The zero-order chi connectivity index (χ0) is 22.5. The minimum atomic E-state index is -0.240. The molecule has 2 fully saturated rings. The van der Waals surface area contributed by atoms with E-state index in [1.807, 2.05) is 47.1 Å². The summed E-state index contributed by atoms with van der Waals surface area (Å²) in [6.07, 6.45) is 1.55. The fraction of sp³-hybridized carbons (Fsp3) is 0.462. The molecule has 2 aromatic rings. The normalized spacial score (nSPS) is 23.9. The van der Waals surface area contributed by atoms with Crippen molar-refractivity contribution in [3.63, 3.8) is 0 Å². The first-order valence-corrected chi connectivity index (χ1v) is 11.8. The van der Waals surface area contributed by atoms with Crippen LogP contribution in [0.4, 0.5) is 0 Å². The van der Waals surface area contributed by atoms with Crippen molar-refractivity contribution in [2.45, 2.75) is 32.7 Å². The largest absolute Gasteiger partial charge is 0.341 e. The van der Waals surface area contributed by atoms with Crippen LogP contribution in [0, 0.1) is 11.8 Å². The van der Waals surface area contributed by atoms with Crippen molar-refractivity contribution in [3.05, 3.63) is 60.2 Å². The number of hydrogen-bond acceptors (Lipinski definition) is 4. The van der Waals surface area contributed by atoms with Crippen LogP contribution in [0.1, 0.15) is 25.8 Å². The Morgan fingerprint density at radius 3 is 2.53 bits per heavy atom. The molecule has 6 heteroatoms. The molecule has 3 unspecified atom stereocenters. The average Bonchev–Trinajstić information content (AvgIpc) is 3.19. The van der Waals surface area contributed by atoms with Gasteiger partial charge in [-0.2, -0.15) is 0 Å². The molecule has 2 aliphatic heterocycles. The Kier molecular flexibility index (Phi) is 7.22. The van der Waals surface area contributed by atoms with Crippen molar-refractivity contribution in [3.8, 4) is 11.1 Å². The maximum Gasteiger partial charge on any atom is 0.228 e. The molecule has 170 valence electrons. The van der Waals surface area contributed by atoms with Gasteiger partial charge in [0.15, 0.2) is 0 Å². The first kappa shape index (κ1) is 22.5. The van der Waals surface area contributed by atoms with E-state index in [4.69, 9.17) is 0 Å². The monoisotopic (exact) mass is 434 g/mol. The van der Waals surface area contributed by atoms with Crippen molar-refractivity contribution in [2.24, 2.45) is 11.8 Å². The van der Waals surface area contributed by atoms with Gasteiger partial charge in [-0.15, -0.1) is 0 Å². The SMILES string of the molecule is CCCN1CCN(C(=O)C2CNNC2C)CC(Cc2ccccc2-c2ccccc2)C1=O. The summed E-state index contributed by atoms with van der Waals surface area (Å²) in [5.41, 5.74) is 9.70. The molecule has 2 N–H and O–H groups in total. The molecule has 0 aromatic heterocycles. The molecule has 0 bridgehead atoms. The maximum absolute atomic E-state index is 13.5. The van der Waals surface area contributed by atoms with E-state index in [0.29, 0.717) is 32.6 Å². The Morgan fingerprint density at radius 2 is 1.81 bits per heavy atom. The number of carbonyl (C=O) groups excluding carboxylic acids is 2. The van der Waals surface area contributed by atoms with Gasteiger partial charge in [-0.3, -0.25) is 20.4 Å². The fourth-order valence-electron chi connectivity index (χ4n) is 4.90. The number of nitrogens with zero attached hydrogens (tertiary/aromatic N) is 2. The number of carbonyl (C=O) groups is 2. The summed E-state index contributed by atoms with van der Waals surface area (Å²) in [6, 6.07) is 18.7. The lowest BCUT2D eigenvalue weighted by molar-refractivity contribution is -0.136. The van der Waals surface area contributed by atoms with Gasteiger partial charge in [0.2, 0.25) is 11.8 Å². The van der Waals surface area contributed by atoms with E-state index in [1.54, 1.807) is 0 Å². The molecule has 0 saturated carbocycles. The van der Waals surface area contributed by atoms with E-state index >= 15 is 0 Å². The molecule has 2 saturated heterocycles. The van der Waals surface area contributed by atoms with Crippen LogP contribution >= 0.6 is 0 Å². The second kappa shape index (κ2) is 10.3. The van der Waals surface area contributed by atoms with Gasteiger partial charge >= 0.3 is 0 Å². The molecule has 0 spiro atoms. The zero-order valence-corrected chi connectivity index (χ0v) is 19.1. The Hall–Kier alpha value is -2.70. The number of nitrogens with one attached hydrogen (secondary N) is 2. The molecule has 2 heterocycles. The van der Waals surface area contributed by atoms with E-state index in [-0.39, 0.29) is 29.7 Å². The van der Waals surface area contributed by atoms with E-state index in [9.17, 15) is 9.59 Å². The van der Waals surface area contributed by atoms with E-state index < -0.39 is 0 Å². The summed E-state index contributed by atoms with van der Waals surface area (Å²) in [5.74, 6) is -0.0289. The highest BCUT2D eigenvalue weighted by Gasteiger charge is 2.37. The lowest BCUT2D eigenvalue weighted by Gasteiger charge is -2.27. The van der Waals surface area contributed by atoms with Gasteiger partial charge in [0.05, 0.1) is 11.8 Å². The first-order valence-electron chi connectivity index (χ1n) is 11.8. The lowest BCUT2D eigenvalue weighted by atomic mass is 9.91. The lowest BCUT2D eigenvalue weighted by Crippen LogP contribution is -2.44. The first-order chi connectivity index (χ1) is 15.6. The van der Waals surface area contributed by atoms with Crippen molar-refractivity contribution in [1.82, 2.24) is 20.7 Å². The molecule has 2 amide bonds. The van der Waals surface area contributed by atoms with Crippen LogP contribution in [-0.4, -0.2) is 60.4 Å². The molecule has 32 heavy (non-hydrogen) atoms. The van der Waals surface area contributed by atoms with Crippen LogP contribution < -0.4 is 10.9 Å². The summed E-state index contributed by atoms with van der Waals surface area (Å²) in [6.45, 7) is 7.18. The highest BCUT2D eigenvalue weighted by atomic mass is 16.2. The fourth-order valence-corrected chi connectivity index (χ4v) is 4.90. The Labute approximate surface area is 190 Å². The Morgan fingerprint density at radius 1 is 1.06 bits per heavy atom. The van der Waals surface area contributed by atoms with Gasteiger partial charge in [0.25, 0.3) is 0 Å². The number of hydrazine groups is 1. The van der Waals surface area contributed by atoms with Gasteiger partial charge in [-0.05, 0) is 36.5 Å². The molecule has 3 atom stereocenters. The number of benzene rings is 2. The van der Waals surface area contributed by atoms with Crippen LogP contribution in [0.5, 0.6) is 0 Å². The van der Waals surface area contributed by atoms with Crippen molar-refractivity contribution in [1.29, 1.82) is 0 Å². The number of hydrogen-bond donors (Lipinski definition) is 2. The quantitative estimate of drug-likeness (QED) is 0.734. The molecule has 0 aliphatic carbocycles. The van der Waals surface area contributed by atoms with Gasteiger partial charge in [0, 0.05) is 38.8 Å². The van der Waals surface area contributed by atoms with Crippen LogP contribution in [0.25, 0.3) is 11.1 Å². The van der Waals surface area contributed by atoms with E-state index in [2.05, 4.69) is 42.0 Å². The van der Waals surface area contributed by atoms with E-state index in [0.717, 1.165) is 29.7 Å². The van der Waals surface area contributed by atoms with Gasteiger partial charge in [0.1, 0.15) is 0 Å². The summed E-state index contributed by atoms with van der Waals surface area (Å²) in [4.78, 5) is 30.7. The third-order valence-electron chi connectivity index (χ3n) is 6.69. The van der Waals surface area contributed by atoms with Crippen LogP contribution in [0.2, 0.25) is 0 Å². The highest BCUT2D eigenvalue weighted by Crippen LogP contribution is 2.27. The third-order valence-corrected chi connectivity index (χ3v) is 6.69. The summed E-state index contributed by atoms with van der Waals surface area (Å²) >= 11 is 0. The summed E-state index contributed by atoms with van der Waals surface area (Å²) in [7, 11) is 0. The average molecular weight is 435 g/mol. The molecule has 2 aliphatic rings. The van der Waals surface area contributed by atoms with E-state index in [1.165, 1.54) is 0 Å². The molecule has 2 aromatic carbocycles. The molecule has 4 rings (SSSR count). The predicted octanol–water partition coefficient (Wildman–Crippen LogP) is 2.71. The van der Waals surface area contributed by atoms with Crippen molar-refractivity contribution >= 4 is 11.8 Å². The zero-order valence-electron chi connectivity index (χ0n) is 19.1. The Balaban J connectivity index is 1.60. The molecular formula is C26H34N4O2. The predicted molar refractivity (Wildman–Crippen MR) is 127 cm³/mol. The van der Waals surface area contributed by atoms with Crippen molar-refractivity contribution < 1.29 is 9.59 Å². The smallest absolute Gasteiger partial charge is 0.228 e. The van der Waals surface area contributed by atoms with Crippen LogP contribution in [-0.2, 0) is 16.0 Å². The minimum Gasteiger partial charge on any atom is -0.341 e. The molecule has 0 radical (unpaired) electrons. The van der Waals surface area contributed by atoms with Gasteiger partial charge in [-0.1, -0.05) is 61.5 Å².